The Kier molecular flexibility index (Phi) is 6.51. The van der Waals surface area contributed by atoms with Gasteiger partial charge >= 0.3 is 5.97 Å². The second kappa shape index (κ2) is 10.2. The summed E-state index contributed by atoms with van der Waals surface area (Å²) in [6, 6.07) is 28.4. The van der Waals surface area contributed by atoms with E-state index in [4.69, 9.17) is 0 Å². The van der Waals surface area contributed by atoms with E-state index >= 15 is 0 Å². The van der Waals surface area contributed by atoms with Crippen LogP contribution in [0.1, 0.15) is 67.7 Å². The van der Waals surface area contributed by atoms with Crippen LogP contribution >= 0.6 is 0 Å². The van der Waals surface area contributed by atoms with Crippen LogP contribution in [0.5, 0.6) is 0 Å². The third-order valence-corrected chi connectivity index (χ3v) is 9.66. The predicted octanol–water partition coefficient (Wildman–Crippen LogP) is 7.68. The zero-order chi connectivity index (χ0) is 29.0. The zero-order valence-corrected chi connectivity index (χ0v) is 24.3. The first-order valence-electron chi connectivity index (χ1n) is 15.1. The molecule has 42 heavy (non-hydrogen) atoms. The molecular formula is C37H37N2O3+. The van der Waals surface area contributed by atoms with Crippen molar-refractivity contribution in [3.63, 3.8) is 0 Å². The molecule has 4 aromatic rings. The van der Waals surface area contributed by atoms with Gasteiger partial charge in [0, 0.05) is 41.0 Å². The number of rotatable bonds is 7. The Bertz CT molecular complexity index is 1770. The van der Waals surface area contributed by atoms with Crippen molar-refractivity contribution >= 4 is 45.6 Å². The lowest BCUT2D eigenvalue weighted by Crippen LogP contribution is -2.28. The Morgan fingerprint density at radius 1 is 1.00 bits per heavy atom. The predicted molar refractivity (Wildman–Crippen MR) is 169 cm³/mol. The fourth-order valence-electron chi connectivity index (χ4n) is 7.74. The van der Waals surface area contributed by atoms with Gasteiger partial charge in [0.25, 0.3) is 0 Å². The average Bonchev–Trinajstić information content (AvgIpc) is 3.65. The lowest BCUT2D eigenvalue weighted by Gasteiger charge is -2.27. The van der Waals surface area contributed by atoms with E-state index in [2.05, 4.69) is 102 Å². The number of aliphatic carboxylic acids is 1. The van der Waals surface area contributed by atoms with Crippen LogP contribution in [0, 0.1) is 0 Å². The molecule has 1 aliphatic carbocycles. The minimum Gasteiger partial charge on any atom is -0.481 e. The van der Waals surface area contributed by atoms with Gasteiger partial charge in [0.05, 0.1) is 12.0 Å². The molecule has 4 aromatic carbocycles. The summed E-state index contributed by atoms with van der Waals surface area (Å²) in [4.78, 5) is 14.1. The Labute approximate surface area is 247 Å². The van der Waals surface area contributed by atoms with Gasteiger partial charge in [-0.15, -0.1) is 0 Å². The van der Waals surface area contributed by atoms with Crippen molar-refractivity contribution in [3.05, 3.63) is 107 Å². The van der Waals surface area contributed by atoms with Gasteiger partial charge in [-0.3, -0.25) is 4.79 Å². The third-order valence-electron chi connectivity index (χ3n) is 9.66. The van der Waals surface area contributed by atoms with Crippen LogP contribution in [-0.4, -0.2) is 39.1 Å². The molecule has 2 unspecified atom stereocenters. The minimum absolute atomic E-state index is 0.0590. The van der Waals surface area contributed by atoms with E-state index in [1.54, 1.807) is 0 Å². The molecule has 1 saturated carbocycles. The molecule has 0 bridgehead atoms. The fraction of sp³-hybridized carbons (Fsp3) is 0.297. The smallest absolute Gasteiger partial charge is 0.309 e. The van der Waals surface area contributed by atoms with Gasteiger partial charge in [0.2, 0.25) is 5.69 Å². The SMILES string of the molecule is CC1(C)C(C=Cc2ccc3c(c2)C2CCCC2N3c2ccc(CO)cc2)=[N+](CCC(=O)O)c2ccc3ccccc3c21. The number of aliphatic hydroxyl groups excluding tert-OH is 1. The van der Waals surface area contributed by atoms with Crippen molar-refractivity contribution < 1.29 is 19.6 Å². The van der Waals surface area contributed by atoms with Crippen molar-refractivity contribution in [1.29, 1.82) is 0 Å². The van der Waals surface area contributed by atoms with Crippen LogP contribution in [0.25, 0.3) is 16.8 Å². The first-order chi connectivity index (χ1) is 20.4. The molecule has 2 N–H and O–H groups in total. The Balaban J connectivity index is 1.27. The normalized spacial score (nSPS) is 20.4. The number of hydrogen-bond acceptors (Lipinski definition) is 3. The number of benzene rings is 4. The Morgan fingerprint density at radius 2 is 1.81 bits per heavy atom. The fourth-order valence-corrected chi connectivity index (χ4v) is 7.74. The van der Waals surface area contributed by atoms with Crippen LogP contribution in [0.15, 0.2) is 84.9 Å². The summed E-state index contributed by atoms with van der Waals surface area (Å²) in [6.07, 6.45) is 8.12. The second-order valence-corrected chi connectivity index (χ2v) is 12.4. The molecule has 2 atom stereocenters. The number of allylic oxidation sites excluding steroid dienone is 1. The topological polar surface area (TPSA) is 63.8 Å². The van der Waals surface area contributed by atoms with Gasteiger partial charge in [0.15, 0.2) is 12.3 Å². The summed E-state index contributed by atoms with van der Waals surface area (Å²) < 4.78 is 2.21. The summed E-state index contributed by atoms with van der Waals surface area (Å²) in [5, 5.41) is 21.5. The van der Waals surface area contributed by atoms with E-state index in [1.165, 1.54) is 58.1 Å². The van der Waals surface area contributed by atoms with Crippen molar-refractivity contribution in [1.82, 2.24) is 0 Å². The van der Waals surface area contributed by atoms with Crippen LogP contribution in [0.4, 0.5) is 17.1 Å². The summed E-state index contributed by atoms with van der Waals surface area (Å²) in [7, 11) is 0. The van der Waals surface area contributed by atoms with Gasteiger partial charge < -0.3 is 15.1 Å². The molecule has 7 rings (SSSR count). The molecule has 0 saturated heterocycles. The number of nitrogens with zero attached hydrogens (tertiary/aromatic N) is 2. The van der Waals surface area contributed by atoms with E-state index in [-0.39, 0.29) is 18.4 Å². The molecule has 1 fully saturated rings. The number of hydrogen-bond donors (Lipinski definition) is 2. The number of carbonyl (C=O) groups is 1. The first-order valence-corrected chi connectivity index (χ1v) is 15.1. The Hall–Kier alpha value is -4.22. The van der Waals surface area contributed by atoms with Gasteiger partial charge in [-0.2, -0.15) is 4.58 Å². The third kappa shape index (κ3) is 4.26. The van der Waals surface area contributed by atoms with E-state index < -0.39 is 5.97 Å². The highest BCUT2D eigenvalue weighted by Crippen LogP contribution is 2.52. The van der Waals surface area contributed by atoms with E-state index in [0.717, 1.165) is 17.0 Å². The highest BCUT2D eigenvalue weighted by molar-refractivity contribution is 6.09. The maximum Gasteiger partial charge on any atom is 0.309 e. The lowest BCUT2D eigenvalue weighted by molar-refractivity contribution is -0.436. The monoisotopic (exact) mass is 557 g/mol. The standard InChI is InChI=1S/C37H36N2O3/c1-37(2)34(38(21-20-35(41)42)33-18-14-26-6-3-4-7-28(26)36(33)37)19-13-24-12-17-32-30(22-24)29-8-5-9-31(29)39(32)27-15-10-25(23-40)11-16-27/h3-4,6-7,10-19,22,29,31,40H,5,8-9,20-21,23H2,1-2H3/p+1. The van der Waals surface area contributed by atoms with Gasteiger partial charge in [-0.25, -0.2) is 0 Å². The van der Waals surface area contributed by atoms with Gasteiger partial charge in [0.1, 0.15) is 6.42 Å². The maximum atomic E-state index is 11.6. The molecule has 5 nitrogen and oxygen atoms in total. The molecule has 2 heterocycles. The van der Waals surface area contributed by atoms with E-state index in [0.29, 0.717) is 18.5 Å². The first kappa shape index (κ1) is 26.7. The molecule has 3 aliphatic rings. The second-order valence-electron chi connectivity index (χ2n) is 12.4. The van der Waals surface area contributed by atoms with E-state index in [9.17, 15) is 15.0 Å². The number of anilines is 2. The van der Waals surface area contributed by atoms with Crippen molar-refractivity contribution in [3.8, 4) is 0 Å². The van der Waals surface area contributed by atoms with Crippen LogP contribution < -0.4 is 4.90 Å². The molecule has 0 spiro atoms. The summed E-state index contributed by atoms with van der Waals surface area (Å²) in [6.45, 7) is 5.00. The van der Waals surface area contributed by atoms with Crippen molar-refractivity contribution in [2.75, 3.05) is 11.4 Å². The van der Waals surface area contributed by atoms with Crippen LogP contribution in [0.2, 0.25) is 0 Å². The Morgan fingerprint density at radius 3 is 2.60 bits per heavy atom. The molecule has 2 aliphatic heterocycles. The van der Waals surface area contributed by atoms with Crippen molar-refractivity contribution in [2.24, 2.45) is 0 Å². The molecule has 5 heteroatoms. The summed E-state index contributed by atoms with van der Waals surface area (Å²) in [5.41, 5.74) is 9.19. The summed E-state index contributed by atoms with van der Waals surface area (Å²) >= 11 is 0. The van der Waals surface area contributed by atoms with Crippen molar-refractivity contribution in [2.45, 2.75) is 63.5 Å². The number of aliphatic hydroxyl groups is 1. The highest BCUT2D eigenvalue weighted by atomic mass is 16.4. The molecular weight excluding hydrogens is 520 g/mol. The molecule has 0 amide bonds. The zero-order valence-electron chi connectivity index (χ0n) is 24.3. The molecule has 0 radical (unpaired) electrons. The highest BCUT2D eigenvalue weighted by Gasteiger charge is 2.46. The minimum atomic E-state index is -0.786. The van der Waals surface area contributed by atoms with Crippen LogP contribution in [-0.2, 0) is 16.8 Å². The summed E-state index contributed by atoms with van der Waals surface area (Å²) in [5.74, 6) is -0.269. The van der Waals surface area contributed by atoms with Crippen LogP contribution in [0.3, 0.4) is 0 Å². The largest absolute Gasteiger partial charge is 0.481 e. The average molecular weight is 558 g/mol. The lowest BCUT2D eigenvalue weighted by atomic mass is 9.79. The maximum absolute atomic E-state index is 11.6. The van der Waals surface area contributed by atoms with E-state index in [1.807, 2.05) is 12.1 Å². The number of carboxylic acid groups (broad SMARTS) is 1. The molecule has 0 aromatic heterocycles. The number of carboxylic acids is 1. The quantitative estimate of drug-likeness (QED) is 0.229. The molecule has 212 valence electrons. The number of fused-ring (bicyclic) bond motifs is 6. The van der Waals surface area contributed by atoms with Gasteiger partial charge in [-0.1, -0.05) is 48.9 Å². The van der Waals surface area contributed by atoms with Gasteiger partial charge in [-0.05, 0) is 90.6 Å².